The second-order valence-corrected chi connectivity index (χ2v) is 13.2. The number of hydrogen-bond donors (Lipinski definition) is 2. The molecular formula is C38H42ClFN4O5. The van der Waals surface area contributed by atoms with Gasteiger partial charge < -0.3 is 23.9 Å². The van der Waals surface area contributed by atoms with Crippen molar-refractivity contribution in [3.8, 4) is 16.9 Å². The number of ether oxygens (including phenoxy) is 3. The lowest BCUT2D eigenvalue weighted by atomic mass is 9.95. The summed E-state index contributed by atoms with van der Waals surface area (Å²) >= 11 is 7.11. The number of aromatic nitrogens is 3. The van der Waals surface area contributed by atoms with E-state index in [2.05, 4.69) is 16.9 Å². The minimum Gasteiger partial charge on any atom is -0.493 e. The lowest BCUT2D eigenvalue weighted by Gasteiger charge is -2.28. The highest BCUT2D eigenvalue weighted by Crippen LogP contribution is 2.44. The van der Waals surface area contributed by atoms with Gasteiger partial charge in [-0.05, 0) is 79.8 Å². The van der Waals surface area contributed by atoms with Crippen LogP contribution in [0.1, 0.15) is 66.2 Å². The Morgan fingerprint density at radius 2 is 1.92 bits per heavy atom. The standard InChI is InChI=1S/C38H42ClFN4O5/c1-2-30-34-33-29(39)13-12-28-27(8-6-20-48-31-9-5-7-24-23-25(40)10-11-26(24)31)37(38(45)46)44(36(28)33)15-3-4-19-49-32(35(34)42-41-30)14-16-43-17-21-47-22-18-43/h5,7,9-13,23,32H,2-4,6,8,14-22H2,1H3,(H,41,42)(H,45,46)/t32-/m1/s1. The molecule has 1 atom stereocenters. The van der Waals surface area contributed by atoms with Crippen LogP contribution in [0.5, 0.6) is 5.75 Å². The molecule has 2 aliphatic rings. The van der Waals surface area contributed by atoms with Crippen LogP contribution in [0.4, 0.5) is 4.39 Å². The van der Waals surface area contributed by atoms with Gasteiger partial charge in [0.1, 0.15) is 23.4 Å². The average Bonchev–Trinajstić information content (AvgIpc) is 3.66. The van der Waals surface area contributed by atoms with Gasteiger partial charge >= 0.3 is 5.97 Å². The third kappa shape index (κ3) is 6.79. The Kier molecular flexibility index (Phi) is 10.2. The Morgan fingerprint density at radius 1 is 1.08 bits per heavy atom. The molecule has 3 aromatic carbocycles. The van der Waals surface area contributed by atoms with E-state index in [1.165, 1.54) is 12.1 Å². The van der Waals surface area contributed by atoms with Crippen LogP contribution in [0.25, 0.3) is 32.8 Å². The topological polar surface area (TPSA) is 102 Å². The van der Waals surface area contributed by atoms with Crippen LogP contribution in [-0.4, -0.2) is 76.8 Å². The number of aromatic carboxylic acids is 1. The Hall–Kier alpha value is -3.96. The van der Waals surface area contributed by atoms with Gasteiger partial charge in [0, 0.05) is 60.4 Å². The van der Waals surface area contributed by atoms with E-state index in [4.69, 9.17) is 30.9 Å². The van der Waals surface area contributed by atoms with Crippen molar-refractivity contribution in [1.82, 2.24) is 19.7 Å². The normalized spacial score (nSPS) is 17.2. The summed E-state index contributed by atoms with van der Waals surface area (Å²) in [6, 6.07) is 14.1. The third-order valence-corrected chi connectivity index (χ3v) is 10.1. The zero-order chi connectivity index (χ0) is 33.9. The maximum Gasteiger partial charge on any atom is 0.352 e. The highest BCUT2D eigenvalue weighted by Gasteiger charge is 2.31. The van der Waals surface area contributed by atoms with E-state index in [9.17, 15) is 14.3 Å². The Morgan fingerprint density at radius 3 is 2.73 bits per heavy atom. The summed E-state index contributed by atoms with van der Waals surface area (Å²) < 4.78 is 34.1. The lowest BCUT2D eigenvalue weighted by molar-refractivity contribution is 0.00988. The number of halogens is 2. The number of fused-ring (bicyclic) bond motifs is 3. The molecule has 2 aliphatic heterocycles. The predicted octanol–water partition coefficient (Wildman–Crippen LogP) is 7.82. The Bertz CT molecular complexity index is 1970. The maximum atomic E-state index is 13.8. The fourth-order valence-electron chi connectivity index (χ4n) is 7.42. The monoisotopic (exact) mass is 688 g/mol. The second-order valence-electron chi connectivity index (χ2n) is 12.8. The van der Waals surface area contributed by atoms with Crippen LogP contribution in [0.2, 0.25) is 5.02 Å². The van der Waals surface area contributed by atoms with Crippen LogP contribution in [0, 0.1) is 5.82 Å². The molecule has 5 aromatic rings. The number of carboxylic acid groups (broad SMARTS) is 1. The number of carboxylic acids is 1. The number of nitrogens with zero attached hydrogens (tertiary/aromatic N) is 3. The predicted molar refractivity (Wildman–Crippen MR) is 188 cm³/mol. The number of nitrogens with one attached hydrogen (secondary N) is 1. The van der Waals surface area contributed by atoms with Gasteiger partial charge in [0.2, 0.25) is 0 Å². The van der Waals surface area contributed by atoms with Gasteiger partial charge in [0.05, 0.1) is 36.1 Å². The molecule has 9 nitrogen and oxygen atoms in total. The van der Waals surface area contributed by atoms with E-state index in [0.717, 1.165) is 102 Å². The molecule has 0 spiro atoms. The molecule has 2 N–H and O–H groups in total. The van der Waals surface area contributed by atoms with E-state index < -0.39 is 5.97 Å². The van der Waals surface area contributed by atoms with Crippen molar-refractivity contribution < 1.29 is 28.5 Å². The fourth-order valence-corrected chi connectivity index (χ4v) is 7.66. The molecule has 2 aromatic heterocycles. The van der Waals surface area contributed by atoms with Crippen LogP contribution in [0.15, 0.2) is 48.5 Å². The summed E-state index contributed by atoms with van der Waals surface area (Å²) in [4.78, 5) is 15.5. The van der Waals surface area contributed by atoms with E-state index in [0.29, 0.717) is 49.8 Å². The number of H-pyrrole nitrogens is 1. The summed E-state index contributed by atoms with van der Waals surface area (Å²) in [7, 11) is 0. The number of hydrogen-bond acceptors (Lipinski definition) is 6. The van der Waals surface area contributed by atoms with Gasteiger partial charge in [-0.2, -0.15) is 5.10 Å². The molecule has 7 rings (SSSR count). The van der Waals surface area contributed by atoms with Crippen LogP contribution >= 0.6 is 11.6 Å². The van der Waals surface area contributed by atoms with E-state index in [1.54, 1.807) is 6.07 Å². The number of aromatic amines is 1. The quantitative estimate of drug-likeness (QED) is 0.144. The summed E-state index contributed by atoms with van der Waals surface area (Å²) in [5, 5.41) is 21.8. The number of rotatable bonds is 10. The van der Waals surface area contributed by atoms with Crippen molar-refractivity contribution >= 4 is 39.2 Å². The first-order valence-electron chi connectivity index (χ1n) is 17.3. The van der Waals surface area contributed by atoms with E-state index in [-0.39, 0.29) is 17.6 Å². The summed E-state index contributed by atoms with van der Waals surface area (Å²) in [6.45, 7) is 7.64. The highest BCUT2D eigenvalue weighted by atomic mass is 35.5. The van der Waals surface area contributed by atoms with Gasteiger partial charge in [-0.25, -0.2) is 9.18 Å². The molecule has 0 aliphatic carbocycles. The van der Waals surface area contributed by atoms with Gasteiger partial charge in [0.15, 0.2) is 0 Å². The number of benzene rings is 3. The van der Waals surface area contributed by atoms with Gasteiger partial charge in [0.25, 0.3) is 0 Å². The zero-order valence-electron chi connectivity index (χ0n) is 27.8. The molecule has 0 radical (unpaired) electrons. The summed E-state index contributed by atoms with van der Waals surface area (Å²) in [6.07, 6.45) is 3.83. The van der Waals surface area contributed by atoms with Crippen LogP contribution in [0.3, 0.4) is 0 Å². The first kappa shape index (κ1) is 33.5. The largest absolute Gasteiger partial charge is 0.493 e. The molecule has 0 saturated carbocycles. The first-order valence-corrected chi connectivity index (χ1v) is 17.7. The molecule has 4 heterocycles. The molecule has 1 saturated heterocycles. The molecule has 258 valence electrons. The van der Waals surface area contributed by atoms with Crippen molar-refractivity contribution in [3.05, 3.63) is 82.0 Å². The van der Waals surface area contributed by atoms with Crippen LogP contribution < -0.4 is 4.74 Å². The molecule has 11 heteroatoms. The van der Waals surface area contributed by atoms with Gasteiger partial charge in [-0.1, -0.05) is 36.7 Å². The average molecular weight is 689 g/mol. The Labute approximate surface area is 289 Å². The molecular weight excluding hydrogens is 647 g/mol. The number of carbonyl (C=O) groups is 1. The first-order chi connectivity index (χ1) is 23.9. The van der Waals surface area contributed by atoms with Gasteiger partial charge in [-0.3, -0.25) is 10.00 Å². The van der Waals surface area contributed by atoms with Crippen molar-refractivity contribution in [2.75, 3.05) is 46.1 Å². The van der Waals surface area contributed by atoms with E-state index >= 15 is 0 Å². The van der Waals surface area contributed by atoms with Crippen molar-refractivity contribution in [3.63, 3.8) is 0 Å². The minimum absolute atomic E-state index is 0.247. The lowest BCUT2D eigenvalue weighted by Crippen LogP contribution is -2.37. The molecule has 0 bridgehead atoms. The minimum atomic E-state index is -0.970. The zero-order valence-corrected chi connectivity index (χ0v) is 28.5. The van der Waals surface area contributed by atoms with Crippen molar-refractivity contribution in [1.29, 1.82) is 0 Å². The van der Waals surface area contributed by atoms with Gasteiger partial charge in [-0.15, -0.1) is 0 Å². The van der Waals surface area contributed by atoms with Crippen molar-refractivity contribution in [2.45, 2.75) is 58.1 Å². The third-order valence-electron chi connectivity index (χ3n) is 9.80. The molecule has 0 amide bonds. The highest BCUT2D eigenvalue weighted by molar-refractivity contribution is 6.35. The van der Waals surface area contributed by atoms with Crippen molar-refractivity contribution in [2.24, 2.45) is 0 Å². The smallest absolute Gasteiger partial charge is 0.352 e. The fraction of sp³-hybridized carbons (Fsp3) is 0.421. The maximum absolute atomic E-state index is 13.8. The second kappa shape index (κ2) is 14.9. The Balaban J connectivity index is 1.26. The summed E-state index contributed by atoms with van der Waals surface area (Å²) in [5.74, 6) is -0.591. The summed E-state index contributed by atoms with van der Waals surface area (Å²) in [5.41, 5.74) is 5.34. The number of morpholine rings is 1. The molecule has 1 fully saturated rings. The molecule has 49 heavy (non-hydrogen) atoms. The SMILES string of the molecule is CCc1[nH]nc2c1-c1c(Cl)ccc3c(CCCOc4cccc5cc(F)ccc45)c(C(=O)O)n(c13)CCCCO[C@@H]2CCN1CCOCC1. The van der Waals surface area contributed by atoms with Crippen LogP contribution in [-0.2, 0) is 28.9 Å². The number of aryl methyl sites for hydroxylation is 3. The van der Waals surface area contributed by atoms with E-state index in [1.807, 2.05) is 34.9 Å². The molecule has 0 unspecified atom stereocenters.